The number of nitrogens with zero attached hydrogens (tertiary/aromatic N) is 2. The summed E-state index contributed by atoms with van der Waals surface area (Å²) in [6.45, 7) is 1.47. The Morgan fingerprint density at radius 2 is 1.94 bits per heavy atom. The Balaban J connectivity index is 1.36. The number of fused-ring (bicyclic) bond motifs is 1. The number of thioether (sulfide) groups is 1. The Hall–Kier alpha value is -3.52. The van der Waals surface area contributed by atoms with Gasteiger partial charge in [0.25, 0.3) is 5.91 Å². The van der Waals surface area contributed by atoms with Crippen LogP contribution in [-0.4, -0.2) is 28.3 Å². The summed E-state index contributed by atoms with van der Waals surface area (Å²) >= 11 is 1.45. The topological polar surface area (TPSA) is 88.0 Å². The van der Waals surface area contributed by atoms with Crippen LogP contribution in [0.4, 0.5) is 5.69 Å². The molecule has 0 bridgehead atoms. The van der Waals surface area contributed by atoms with Gasteiger partial charge < -0.3 is 14.2 Å². The third kappa shape index (κ3) is 4.72. The maximum absolute atomic E-state index is 13.4. The lowest BCUT2D eigenvalue weighted by atomic mass is 9.79. The molecular formula is C26H25N3O4S. The molecular weight excluding hydrogens is 450 g/mol. The van der Waals surface area contributed by atoms with E-state index in [2.05, 4.69) is 5.32 Å². The number of furan rings is 2. The number of rotatable bonds is 6. The van der Waals surface area contributed by atoms with Crippen molar-refractivity contribution in [3.05, 3.63) is 78.2 Å². The van der Waals surface area contributed by atoms with Gasteiger partial charge in [0.1, 0.15) is 17.6 Å². The number of hydrazone groups is 1. The fourth-order valence-electron chi connectivity index (χ4n) is 4.54. The van der Waals surface area contributed by atoms with E-state index in [9.17, 15) is 9.59 Å². The number of allylic oxidation sites excluding steroid dienone is 1. The van der Waals surface area contributed by atoms with Crippen molar-refractivity contribution < 1.29 is 18.4 Å². The second-order valence-electron chi connectivity index (χ2n) is 8.36. The second-order valence-corrected chi connectivity index (χ2v) is 9.41. The van der Waals surface area contributed by atoms with Crippen LogP contribution in [-0.2, 0) is 9.59 Å². The molecule has 2 aliphatic rings. The number of carbonyl (C=O) groups is 2. The number of benzene rings is 1. The van der Waals surface area contributed by atoms with E-state index in [4.69, 9.17) is 13.9 Å². The Morgan fingerprint density at radius 1 is 1.15 bits per heavy atom. The van der Waals surface area contributed by atoms with Crippen molar-refractivity contribution in [2.24, 2.45) is 11.0 Å². The molecule has 7 nitrogen and oxygen atoms in total. The maximum Gasteiger partial charge on any atom is 0.253 e. The van der Waals surface area contributed by atoms with Crippen molar-refractivity contribution >= 4 is 41.1 Å². The molecule has 1 aliphatic carbocycles. The number of amides is 2. The number of hydrogen-bond donors (Lipinski definition) is 1. The van der Waals surface area contributed by atoms with E-state index in [1.807, 2.05) is 54.6 Å². The van der Waals surface area contributed by atoms with Crippen LogP contribution in [0.25, 0.3) is 6.08 Å². The Bertz CT molecular complexity index is 1210. The van der Waals surface area contributed by atoms with E-state index >= 15 is 0 Å². The fraction of sp³-hybridized carbons (Fsp3) is 0.269. The van der Waals surface area contributed by atoms with Gasteiger partial charge in [-0.1, -0.05) is 0 Å². The zero-order valence-electron chi connectivity index (χ0n) is 18.8. The van der Waals surface area contributed by atoms with E-state index in [1.54, 1.807) is 17.5 Å². The lowest BCUT2D eigenvalue weighted by Crippen LogP contribution is -2.32. The van der Waals surface area contributed by atoms with Gasteiger partial charge in [0.2, 0.25) is 5.91 Å². The molecule has 3 heterocycles. The lowest BCUT2D eigenvalue weighted by Gasteiger charge is -2.27. The van der Waals surface area contributed by atoms with Crippen LogP contribution >= 0.6 is 11.8 Å². The van der Waals surface area contributed by atoms with Crippen molar-refractivity contribution in [1.82, 2.24) is 5.01 Å². The largest absolute Gasteiger partial charge is 0.467 e. The molecule has 2 amide bonds. The highest BCUT2D eigenvalue weighted by Crippen LogP contribution is 2.44. The summed E-state index contributed by atoms with van der Waals surface area (Å²) in [6.07, 6.45) is 8.20. The summed E-state index contributed by atoms with van der Waals surface area (Å²) in [6, 6.07) is 14.8. The first-order chi connectivity index (χ1) is 16.6. The van der Waals surface area contributed by atoms with Crippen LogP contribution in [0, 0.1) is 5.92 Å². The number of hydrogen-bond acceptors (Lipinski definition) is 6. The summed E-state index contributed by atoms with van der Waals surface area (Å²) in [7, 11) is 0. The number of nitrogens with one attached hydrogen (secondary N) is 1. The third-order valence-corrected chi connectivity index (χ3v) is 6.99. The quantitative estimate of drug-likeness (QED) is 0.459. The van der Waals surface area contributed by atoms with Crippen LogP contribution in [0.1, 0.15) is 43.7 Å². The molecule has 174 valence electrons. The molecule has 0 unspecified atom stereocenters. The molecule has 1 N–H and O–H groups in total. The number of anilines is 1. The number of carbonyl (C=O) groups excluding carboxylic acids is 2. The van der Waals surface area contributed by atoms with Crippen molar-refractivity contribution in [3.8, 4) is 0 Å². The lowest BCUT2D eigenvalue weighted by molar-refractivity contribution is -0.131. The first-order valence-corrected chi connectivity index (χ1v) is 12.3. The highest BCUT2D eigenvalue weighted by atomic mass is 32.2. The molecule has 1 aromatic carbocycles. The highest BCUT2D eigenvalue weighted by Gasteiger charge is 2.45. The smallest absolute Gasteiger partial charge is 0.253 e. The van der Waals surface area contributed by atoms with E-state index in [-0.39, 0.29) is 29.5 Å². The van der Waals surface area contributed by atoms with Gasteiger partial charge in [-0.25, -0.2) is 5.01 Å². The molecule has 1 fully saturated rings. The molecule has 34 heavy (non-hydrogen) atoms. The first kappa shape index (κ1) is 22.3. The standard InChI is InChI=1S/C26H25N3O4S/c1-17(30)27-19-9-11-21(12-10-19)34-16-24(31)29-26(23-8-4-14-33-23)22-7-2-5-18(25(22)28-29)15-20-6-3-13-32-20/h3-4,6,8-15,22,26H,2,5,7,16H2,1H3,(H,27,30)/b18-15-/t22-,26+/m0/s1. The zero-order chi connectivity index (χ0) is 23.5. The minimum atomic E-state index is -0.249. The van der Waals surface area contributed by atoms with Gasteiger partial charge in [-0.3, -0.25) is 9.59 Å². The summed E-state index contributed by atoms with van der Waals surface area (Å²) in [4.78, 5) is 25.5. The van der Waals surface area contributed by atoms with Gasteiger partial charge in [0.05, 0.1) is 24.0 Å². The second kappa shape index (κ2) is 9.77. The third-order valence-electron chi connectivity index (χ3n) is 5.99. The normalized spacial score (nSPS) is 20.8. The van der Waals surface area contributed by atoms with Crippen LogP contribution in [0.2, 0.25) is 0 Å². The molecule has 0 saturated heterocycles. The van der Waals surface area contributed by atoms with Gasteiger partial charge in [0.15, 0.2) is 0 Å². The fourth-order valence-corrected chi connectivity index (χ4v) is 5.29. The summed E-state index contributed by atoms with van der Waals surface area (Å²) < 4.78 is 11.3. The van der Waals surface area contributed by atoms with E-state index < -0.39 is 0 Å². The molecule has 1 saturated carbocycles. The van der Waals surface area contributed by atoms with E-state index in [0.717, 1.165) is 52.7 Å². The Labute approximate surface area is 201 Å². The van der Waals surface area contributed by atoms with Crippen LogP contribution in [0.3, 0.4) is 0 Å². The minimum Gasteiger partial charge on any atom is -0.467 e. The van der Waals surface area contributed by atoms with Crippen molar-refractivity contribution in [2.45, 2.75) is 37.1 Å². The van der Waals surface area contributed by atoms with Crippen LogP contribution in [0.15, 0.2) is 85.5 Å². The van der Waals surface area contributed by atoms with E-state index in [1.165, 1.54) is 18.7 Å². The molecule has 5 rings (SSSR count). The summed E-state index contributed by atoms with van der Waals surface area (Å²) in [5.41, 5.74) is 2.79. The van der Waals surface area contributed by atoms with Gasteiger partial charge >= 0.3 is 0 Å². The average Bonchev–Trinajstić information content (AvgIpc) is 3.59. The molecule has 3 aromatic rings. The summed E-state index contributed by atoms with van der Waals surface area (Å²) in [5, 5.41) is 9.20. The molecule has 2 atom stereocenters. The molecule has 8 heteroatoms. The zero-order valence-corrected chi connectivity index (χ0v) is 19.6. The predicted octanol–water partition coefficient (Wildman–Crippen LogP) is 5.75. The predicted molar refractivity (Wildman–Crippen MR) is 131 cm³/mol. The Morgan fingerprint density at radius 3 is 2.65 bits per heavy atom. The molecule has 2 aromatic heterocycles. The van der Waals surface area contributed by atoms with Gasteiger partial charge in [0, 0.05) is 23.4 Å². The van der Waals surface area contributed by atoms with Crippen molar-refractivity contribution in [3.63, 3.8) is 0 Å². The molecule has 1 aliphatic heterocycles. The van der Waals surface area contributed by atoms with Crippen molar-refractivity contribution in [1.29, 1.82) is 0 Å². The van der Waals surface area contributed by atoms with Gasteiger partial charge in [-0.2, -0.15) is 5.10 Å². The molecule has 0 radical (unpaired) electrons. The van der Waals surface area contributed by atoms with E-state index in [0.29, 0.717) is 0 Å². The van der Waals surface area contributed by atoms with Crippen LogP contribution in [0.5, 0.6) is 0 Å². The SMILES string of the molecule is CC(=O)Nc1ccc(SCC(=O)N2N=C3/C(=C\c4ccco4)CCC[C@@H]3[C@@H]2c2ccco2)cc1. The van der Waals surface area contributed by atoms with Crippen molar-refractivity contribution in [2.75, 3.05) is 11.1 Å². The Kier molecular flexibility index (Phi) is 6.40. The monoisotopic (exact) mass is 475 g/mol. The average molecular weight is 476 g/mol. The first-order valence-electron chi connectivity index (χ1n) is 11.3. The summed E-state index contributed by atoms with van der Waals surface area (Å²) in [5.74, 6) is 1.69. The van der Waals surface area contributed by atoms with Crippen LogP contribution < -0.4 is 5.32 Å². The molecule has 0 spiro atoms. The highest BCUT2D eigenvalue weighted by molar-refractivity contribution is 8.00. The van der Waals surface area contributed by atoms with Gasteiger partial charge in [-0.15, -0.1) is 11.8 Å². The maximum atomic E-state index is 13.4. The minimum absolute atomic E-state index is 0.0726. The van der Waals surface area contributed by atoms with Gasteiger partial charge in [-0.05, 0) is 79.4 Å².